The van der Waals surface area contributed by atoms with Crippen molar-refractivity contribution in [1.29, 1.82) is 0 Å². The molecule has 0 saturated heterocycles. The van der Waals surface area contributed by atoms with Crippen LogP contribution in [0.1, 0.15) is 15.9 Å². The van der Waals surface area contributed by atoms with Gasteiger partial charge in [0.1, 0.15) is 24.7 Å². The van der Waals surface area contributed by atoms with E-state index in [9.17, 15) is 4.79 Å². The summed E-state index contributed by atoms with van der Waals surface area (Å²) in [5.74, 6) is 1.31. The fourth-order valence-electron chi connectivity index (χ4n) is 1.69. The summed E-state index contributed by atoms with van der Waals surface area (Å²) in [6.07, 6.45) is 0.724. The van der Waals surface area contributed by atoms with Crippen LogP contribution in [0.4, 0.5) is 0 Å². The van der Waals surface area contributed by atoms with E-state index in [0.717, 1.165) is 12.0 Å². The van der Waals surface area contributed by atoms with Crippen molar-refractivity contribution in [1.82, 2.24) is 0 Å². The molecule has 0 aromatic heterocycles. The van der Waals surface area contributed by atoms with Crippen LogP contribution in [0.15, 0.2) is 42.5 Å². The summed E-state index contributed by atoms with van der Waals surface area (Å²) in [5, 5.41) is 0.510. The lowest BCUT2D eigenvalue weighted by Gasteiger charge is -2.10. The highest BCUT2D eigenvalue weighted by molar-refractivity contribution is 6.30. The topological polar surface area (TPSA) is 35.5 Å². The lowest BCUT2D eigenvalue weighted by Crippen LogP contribution is -2.09. The van der Waals surface area contributed by atoms with E-state index in [1.165, 1.54) is 5.56 Å². The smallest absolute Gasteiger partial charge is 0.153 e. The van der Waals surface area contributed by atoms with E-state index in [1.807, 2.05) is 31.2 Å². The average Bonchev–Trinajstić information content (AvgIpc) is 2.46. The number of benzene rings is 2. The van der Waals surface area contributed by atoms with E-state index in [-0.39, 0.29) is 0 Å². The molecule has 2 aromatic rings. The van der Waals surface area contributed by atoms with E-state index in [0.29, 0.717) is 29.5 Å². The molecule has 0 aliphatic rings. The van der Waals surface area contributed by atoms with E-state index in [4.69, 9.17) is 21.1 Å². The van der Waals surface area contributed by atoms with Crippen molar-refractivity contribution in [2.24, 2.45) is 0 Å². The fourth-order valence-corrected chi connectivity index (χ4v) is 1.87. The van der Waals surface area contributed by atoms with Crippen LogP contribution in [0.3, 0.4) is 0 Å². The van der Waals surface area contributed by atoms with Crippen LogP contribution in [-0.2, 0) is 0 Å². The Morgan fingerprint density at radius 3 is 2.45 bits per heavy atom. The predicted octanol–water partition coefficient (Wildman–Crippen LogP) is 3.92. The Balaban J connectivity index is 1.84. The largest absolute Gasteiger partial charge is 0.490 e. The van der Waals surface area contributed by atoms with Gasteiger partial charge < -0.3 is 9.47 Å². The first kappa shape index (κ1) is 14.4. The molecular formula is C16H15ClO3. The van der Waals surface area contributed by atoms with E-state index in [1.54, 1.807) is 18.2 Å². The number of halogens is 1. The van der Waals surface area contributed by atoms with E-state index >= 15 is 0 Å². The maximum atomic E-state index is 10.9. The first-order valence-corrected chi connectivity index (χ1v) is 6.64. The summed E-state index contributed by atoms with van der Waals surface area (Å²) in [7, 11) is 0. The zero-order valence-electron chi connectivity index (χ0n) is 11.1. The lowest BCUT2D eigenvalue weighted by atomic mass is 10.2. The predicted molar refractivity (Wildman–Crippen MR) is 79.0 cm³/mol. The molecule has 0 aliphatic carbocycles. The highest BCUT2D eigenvalue weighted by Gasteiger charge is 2.03. The van der Waals surface area contributed by atoms with Crippen molar-refractivity contribution in [2.75, 3.05) is 13.2 Å². The monoisotopic (exact) mass is 290 g/mol. The van der Waals surface area contributed by atoms with Gasteiger partial charge in [0, 0.05) is 5.02 Å². The van der Waals surface area contributed by atoms with Crippen molar-refractivity contribution in [3.05, 3.63) is 58.6 Å². The third-order valence-corrected chi connectivity index (χ3v) is 2.96. The molecule has 2 rings (SSSR count). The maximum absolute atomic E-state index is 10.9. The van der Waals surface area contributed by atoms with Crippen LogP contribution in [0, 0.1) is 6.92 Å². The van der Waals surface area contributed by atoms with Gasteiger partial charge >= 0.3 is 0 Å². The molecule has 0 amide bonds. The standard InChI is InChI=1S/C16H15ClO3/c1-12-2-5-15(6-3-12)19-8-9-20-16-7-4-14(17)10-13(16)11-18/h2-7,10-11H,8-9H2,1H3. The maximum Gasteiger partial charge on any atom is 0.153 e. The molecule has 0 unspecified atom stereocenters. The Labute approximate surface area is 123 Å². The van der Waals surface area contributed by atoms with Crippen molar-refractivity contribution in [2.45, 2.75) is 6.92 Å². The molecule has 0 heterocycles. The first-order valence-electron chi connectivity index (χ1n) is 6.26. The molecule has 0 radical (unpaired) electrons. The molecule has 20 heavy (non-hydrogen) atoms. The SMILES string of the molecule is Cc1ccc(OCCOc2ccc(Cl)cc2C=O)cc1. The fraction of sp³-hybridized carbons (Fsp3) is 0.188. The third kappa shape index (κ3) is 4.00. The quantitative estimate of drug-likeness (QED) is 0.597. The Morgan fingerprint density at radius 1 is 1.05 bits per heavy atom. The van der Waals surface area contributed by atoms with Gasteiger partial charge in [-0.25, -0.2) is 0 Å². The summed E-state index contributed by atoms with van der Waals surface area (Å²) in [6, 6.07) is 12.7. The zero-order valence-corrected chi connectivity index (χ0v) is 11.9. The Kier molecular flexibility index (Phi) is 5.02. The van der Waals surface area contributed by atoms with Crippen LogP contribution >= 0.6 is 11.6 Å². The molecule has 0 bridgehead atoms. The van der Waals surface area contributed by atoms with Crippen molar-refractivity contribution < 1.29 is 14.3 Å². The number of hydrogen-bond donors (Lipinski definition) is 0. The van der Waals surface area contributed by atoms with E-state index in [2.05, 4.69) is 0 Å². The molecule has 3 nitrogen and oxygen atoms in total. The van der Waals surface area contributed by atoms with Gasteiger partial charge in [-0.05, 0) is 37.3 Å². The molecule has 0 N–H and O–H groups in total. The van der Waals surface area contributed by atoms with Gasteiger partial charge in [0.15, 0.2) is 6.29 Å². The number of carbonyl (C=O) groups is 1. The van der Waals surface area contributed by atoms with Crippen LogP contribution in [0.25, 0.3) is 0 Å². The van der Waals surface area contributed by atoms with Gasteiger partial charge in [-0.2, -0.15) is 0 Å². The number of hydrogen-bond acceptors (Lipinski definition) is 3. The number of aldehydes is 1. The lowest BCUT2D eigenvalue weighted by molar-refractivity contribution is 0.111. The van der Waals surface area contributed by atoms with Crippen LogP contribution in [-0.4, -0.2) is 19.5 Å². The van der Waals surface area contributed by atoms with Gasteiger partial charge in [-0.3, -0.25) is 4.79 Å². The summed E-state index contributed by atoms with van der Waals surface area (Å²) >= 11 is 5.81. The third-order valence-electron chi connectivity index (χ3n) is 2.73. The second kappa shape index (κ2) is 6.96. The van der Waals surface area contributed by atoms with Gasteiger partial charge in [0.2, 0.25) is 0 Å². The molecule has 4 heteroatoms. The van der Waals surface area contributed by atoms with Crippen LogP contribution < -0.4 is 9.47 Å². The second-order valence-electron chi connectivity index (χ2n) is 4.31. The van der Waals surface area contributed by atoms with Gasteiger partial charge in [0.05, 0.1) is 5.56 Å². The summed E-state index contributed by atoms with van der Waals surface area (Å²) in [4.78, 5) is 10.9. The minimum absolute atomic E-state index is 0.357. The van der Waals surface area contributed by atoms with Crippen molar-refractivity contribution in [3.63, 3.8) is 0 Å². The van der Waals surface area contributed by atoms with Crippen molar-refractivity contribution in [3.8, 4) is 11.5 Å². The number of carbonyl (C=O) groups excluding carboxylic acids is 1. The normalized spacial score (nSPS) is 10.1. The minimum atomic E-state index is 0.357. The molecule has 0 saturated carbocycles. The van der Waals surface area contributed by atoms with Gasteiger partial charge in [-0.15, -0.1) is 0 Å². The molecular weight excluding hydrogens is 276 g/mol. The Morgan fingerprint density at radius 2 is 1.75 bits per heavy atom. The van der Waals surface area contributed by atoms with Crippen LogP contribution in [0.5, 0.6) is 11.5 Å². The molecule has 0 atom stereocenters. The number of rotatable bonds is 6. The first-order chi connectivity index (χ1) is 9.69. The molecule has 104 valence electrons. The van der Waals surface area contributed by atoms with Gasteiger partial charge in [0.25, 0.3) is 0 Å². The van der Waals surface area contributed by atoms with Crippen molar-refractivity contribution >= 4 is 17.9 Å². The summed E-state index contributed by atoms with van der Waals surface area (Å²) < 4.78 is 11.1. The summed E-state index contributed by atoms with van der Waals surface area (Å²) in [6.45, 7) is 2.79. The molecule has 2 aromatic carbocycles. The highest BCUT2D eigenvalue weighted by Crippen LogP contribution is 2.21. The molecule has 0 spiro atoms. The average molecular weight is 291 g/mol. The highest BCUT2D eigenvalue weighted by atomic mass is 35.5. The van der Waals surface area contributed by atoms with Crippen LogP contribution in [0.2, 0.25) is 5.02 Å². The second-order valence-corrected chi connectivity index (χ2v) is 4.75. The Bertz CT molecular complexity index is 579. The van der Waals surface area contributed by atoms with Gasteiger partial charge in [-0.1, -0.05) is 29.3 Å². The number of ether oxygens (including phenoxy) is 2. The van der Waals surface area contributed by atoms with E-state index < -0.39 is 0 Å². The minimum Gasteiger partial charge on any atom is -0.490 e. The zero-order chi connectivity index (χ0) is 14.4. The molecule has 0 aliphatic heterocycles. The summed E-state index contributed by atoms with van der Waals surface area (Å²) in [5.41, 5.74) is 1.62. The molecule has 0 fully saturated rings. The Hall–Kier alpha value is -2.00. The number of aryl methyl sites for hydroxylation is 1.